The van der Waals surface area contributed by atoms with Crippen LogP contribution in [-0.2, 0) is 11.0 Å². The number of carbonyl (C=O) groups is 1. The predicted octanol–water partition coefficient (Wildman–Crippen LogP) is 6.97. The van der Waals surface area contributed by atoms with Crippen LogP contribution in [0.25, 0.3) is 5.69 Å². The summed E-state index contributed by atoms with van der Waals surface area (Å²) < 4.78 is 42.4. The molecule has 5 rings (SSSR count). The van der Waals surface area contributed by atoms with Gasteiger partial charge in [-0.05, 0) is 85.4 Å². The van der Waals surface area contributed by atoms with Gasteiger partial charge in [0.1, 0.15) is 6.04 Å². The SMILES string of the molecule is Cc1cc(N2C(=S)N[C@@H](c3ccccn3)[C@H]2c2cccn2-c2cccc(C(F)(F)F)c2)ccc1NC(=O)C(C)C. The number of hydrogen-bond donors (Lipinski definition) is 2. The molecule has 0 saturated carbocycles. The molecule has 1 aliphatic heterocycles. The Morgan fingerprint density at radius 1 is 1.02 bits per heavy atom. The smallest absolute Gasteiger partial charge is 0.351 e. The number of anilines is 2. The molecule has 3 heterocycles. The van der Waals surface area contributed by atoms with Crippen molar-refractivity contribution in [1.82, 2.24) is 14.9 Å². The van der Waals surface area contributed by atoms with E-state index in [0.29, 0.717) is 16.5 Å². The van der Waals surface area contributed by atoms with Crippen LogP contribution in [0.5, 0.6) is 0 Å². The highest BCUT2D eigenvalue weighted by Crippen LogP contribution is 2.43. The molecule has 0 aliphatic carbocycles. The molecule has 2 atom stereocenters. The van der Waals surface area contributed by atoms with Gasteiger partial charge in [0.15, 0.2) is 5.11 Å². The second-order valence-electron chi connectivity index (χ2n) is 9.99. The summed E-state index contributed by atoms with van der Waals surface area (Å²) in [7, 11) is 0. The summed E-state index contributed by atoms with van der Waals surface area (Å²) in [4.78, 5) is 18.8. The first kappa shape index (κ1) is 27.4. The molecule has 2 aromatic carbocycles. The molecule has 10 heteroatoms. The third-order valence-corrected chi connectivity index (χ3v) is 7.22. The lowest BCUT2D eigenvalue weighted by Gasteiger charge is -2.29. The number of halogens is 3. The molecule has 6 nitrogen and oxygen atoms in total. The Balaban J connectivity index is 1.61. The summed E-state index contributed by atoms with van der Waals surface area (Å²) in [5.41, 5.74) is 3.46. The summed E-state index contributed by atoms with van der Waals surface area (Å²) >= 11 is 5.82. The summed E-state index contributed by atoms with van der Waals surface area (Å²) in [5.74, 6) is -0.247. The third-order valence-electron chi connectivity index (χ3n) is 6.90. The molecular weight excluding hydrogens is 535 g/mol. The first-order valence-electron chi connectivity index (χ1n) is 12.8. The zero-order chi connectivity index (χ0) is 28.6. The Morgan fingerprint density at radius 2 is 1.82 bits per heavy atom. The minimum Gasteiger partial charge on any atom is -0.351 e. The lowest BCUT2D eigenvalue weighted by molar-refractivity contribution is -0.137. The molecular formula is C30H28F3N5OS. The number of alkyl halides is 3. The molecule has 1 fully saturated rings. The van der Waals surface area contributed by atoms with Crippen LogP contribution in [0, 0.1) is 12.8 Å². The van der Waals surface area contributed by atoms with Crippen molar-refractivity contribution >= 4 is 34.6 Å². The van der Waals surface area contributed by atoms with Crippen LogP contribution in [0.3, 0.4) is 0 Å². The number of aryl methyl sites for hydroxylation is 1. The number of rotatable bonds is 6. The first-order chi connectivity index (χ1) is 19.0. The normalized spacial score (nSPS) is 17.3. The number of thiocarbonyl (C=S) groups is 1. The van der Waals surface area contributed by atoms with E-state index in [1.165, 1.54) is 6.07 Å². The van der Waals surface area contributed by atoms with Gasteiger partial charge in [0, 0.05) is 41.1 Å². The Bertz CT molecular complexity index is 1550. The van der Waals surface area contributed by atoms with Crippen LogP contribution < -0.4 is 15.5 Å². The zero-order valence-electron chi connectivity index (χ0n) is 22.1. The van der Waals surface area contributed by atoms with Gasteiger partial charge in [0.2, 0.25) is 5.91 Å². The van der Waals surface area contributed by atoms with Crippen molar-refractivity contribution in [2.24, 2.45) is 5.92 Å². The van der Waals surface area contributed by atoms with Gasteiger partial charge in [-0.2, -0.15) is 13.2 Å². The van der Waals surface area contributed by atoms with Crippen molar-refractivity contribution in [2.45, 2.75) is 39.0 Å². The Labute approximate surface area is 235 Å². The quantitative estimate of drug-likeness (QED) is 0.248. The summed E-state index contributed by atoms with van der Waals surface area (Å²) in [5, 5.41) is 6.79. The number of pyridine rings is 1. The highest BCUT2D eigenvalue weighted by molar-refractivity contribution is 7.80. The van der Waals surface area contributed by atoms with Crippen molar-refractivity contribution in [3.63, 3.8) is 0 Å². The highest BCUT2D eigenvalue weighted by Gasteiger charge is 2.42. The number of nitrogens with one attached hydrogen (secondary N) is 2. The van der Waals surface area contributed by atoms with E-state index in [4.69, 9.17) is 12.2 Å². The molecule has 4 aromatic rings. The van der Waals surface area contributed by atoms with Crippen molar-refractivity contribution in [3.8, 4) is 5.69 Å². The van der Waals surface area contributed by atoms with E-state index in [2.05, 4.69) is 15.6 Å². The average Bonchev–Trinajstić information content (AvgIpc) is 3.54. The average molecular weight is 564 g/mol. The summed E-state index contributed by atoms with van der Waals surface area (Å²) in [6.45, 7) is 5.56. The van der Waals surface area contributed by atoms with Gasteiger partial charge >= 0.3 is 6.18 Å². The first-order valence-corrected chi connectivity index (χ1v) is 13.2. The zero-order valence-corrected chi connectivity index (χ0v) is 22.9. The molecule has 2 aromatic heterocycles. The monoisotopic (exact) mass is 563 g/mol. The Hall–Kier alpha value is -4.18. The molecule has 0 bridgehead atoms. The lowest BCUT2D eigenvalue weighted by Crippen LogP contribution is -2.30. The molecule has 40 heavy (non-hydrogen) atoms. The number of nitrogens with zero attached hydrogens (tertiary/aromatic N) is 3. The van der Waals surface area contributed by atoms with Gasteiger partial charge in [-0.1, -0.05) is 26.0 Å². The number of aromatic nitrogens is 2. The van der Waals surface area contributed by atoms with Crippen LogP contribution in [0.1, 0.15) is 48.4 Å². The molecule has 0 unspecified atom stereocenters. The van der Waals surface area contributed by atoms with Gasteiger partial charge in [-0.25, -0.2) is 0 Å². The van der Waals surface area contributed by atoms with Crippen LogP contribution in [0.2, 0.25) is 0 Å². The van der Waals surface area contributed by atoms with Crippen molar-refractivity contribution in [3.05, 3.63) is 108 Å². The van der Waals surface area contributed by atoms with Crippen molar-refractivity contribution < 1.29 is 18.0 Å². The number of amides is 1. The van der Waals surface area contributed by atoms with E-state index >= 15 is 0 Å². The van der Waals surface area contributed by atoms with Crippen LogP contribution >= 0.6 is 12.2 Å². The predicted molar refractivity (Wildman–Crippen MR) is 153 cm³/mol. The van der Waals surface area contributed by atoms with Gasteiger partial charge < -0.3 is 20.1 Å². The van der Waals surface area contributed by atoms with Gasteiger partial charge in [0.25, 0.3) is 0 Å². The fourth-order valence-corrected chi connectivity index (χ4v) is 5.20. The summed E-state index contributed by atoms with van der Waals surface area (Å²) in [6, 6.07) is 19.4. The highest BCUT2D eigenvalue weighted by atomic mass is 32.1. The number of hydrogen-bond acceptors (Lipinski definition) is 3. The van der Waals surface area contributed by atoms with Gasteiger partial charge in [-0.3, -0.25) is 9.78 Å². The van der Waals surface area contributed by atoms with E-state index in [1.807, 2.05) is 68.1 Å². The fraction of sp³-hybridized carbons (Fsp3) is 0.233. The molecule has 0 radical (unpaired) electrons. The third kappa shape index (κ3) is 5.31. The number of benzene rings is 2. The van der Waals surface area contributed by atoms with Crippen LogP contribution in [0.15, 0.2) is 85.2 Å². The number of carbonyl (C=O) groups excluding carboxylic acids is 1. The molecule has 206 valence electrons. The van der Waals surface area contributed by atoms with E-state index in [-0.39, 0.29) is 17.9 Å². The Kier molecular flexibility index (Phi) is 7.37. The van der Waals surface area contributed by atoms with Gasteiger partial charge in [0.05, 0.1) is 17.3 Å². The van der Waals surface area contributed by atoms with E-state index < -0.39 is 17.8 Å². The molecule has 2 N–H and O–H groups in total. The van der Waals surface area contributed by atoms with Crippen molar-refractivity contribution in [2.75, 3.05) is 10.2 Å². The molecule has 1 amide bonds. The minimum atomic E-state index is -4.47. The fourth-order valence-electron chi connectivity index (χ4n) is 4.85. The summed E-state index contributed by atoms with van der Waals surface area (Å²) in [6.07, 6.45) is -1.02. The molecule has 1 saturated heterocycles. The largest absolute Gasteiger partial charge is 0.416 e. The van der Waals surface area contributed by atoms with Crippen molar-refractivity contribution in [1.29, 1.82) is 0 Å². The van der Waals surface area contributed by atoms with Crippen LogP contribution in [-0.4, -0.2) is 20.6 Å². The second kappa shape index (κ2) is 10.8. The maximum atomic E-state index is 13.5. The van der Waals surface area contributed by atoms with Gasteiger partial charge in [-0.15, -0.1) is 0 Å². The maximum absolute atomic E-state index is 13.5. The Morgan fingerprint density at radius 3 is 2.50 bits per heavy atom. The molecule has 0 spiro atoms. The van der Waals surface area contributed by atoms with E-state index in [1.54, 1.807) is 29.1 Å². The topological polar surface area (TPSA) is 62.2 Å². The maximum Gasteiger partial charge on any atom is 0.416 e. The second-order valence-corrected chi connectivity index (χ2v) is 10.4. The standard InChI is InChI=1S/C30H28F3N5OS/c1-18(2)28(39)35-23-13-12-22(16-19(23)3)38-27(26(36-29(38)40)24-10-4-5-14-34-24)25-11-7-15-37(25)21-9-6-8-20(17-21)30(31,32)33/h4-18,26-27H,1-3H3,(H,35,39)(H,36,40)/t26-,27+/m0/s1. The van der Waals surface area contributed by atoms with E-state index in [9.17, 15) is 18.0 Å². The minimum absolute atomic E-state index is 0.0822. The van der Waals surface area contributed by atoms with Crippen LogP contribution in [0.4, 0.5) is 24.5 Å². The van der Waals surface area contributed by atoms with E-state index in [0.717, 1.165) is 34.8 Å². The lowest BCUT2D eigenvalue weighted by atomic mass is 10.00. The molecule has 1 aliphatic rings.